The molecular formula is C12H18N4O2. The van der Waals surface area contributed by atoms with Crippen molar-refractivity contribution in [2.75, 3.05) is 10.7 Å². The minimum absolute atomic E-state index is 0.00572. The minimum Gasteiger partial charge on any atom is -0.377 e. The van der Waals surface area contributed by atoms with E-state index in [1.165, 1.54) is 19.3 Å². The number of nitrogens with one attached hydrogen (secondary N) is 2. The van der Waals surface area contributed by atoms with Crippen LogP contribution >= 0.6 is 0 Å². The van der Waals surface area contributed by atoms with Gasteiger partial charge in [-0.3, -0.25) is 16.0 Å². The van der Waals surface area contributed by atoms with Crippen LogP contribution in [0, 0.1) is 16.0 Å². The lowest BCUT2D eigenvalue weighted by atomic mass is 9.80. The van der Waals surface area contributed by atoms with E-state index in [9.17, 15) is 10.1 Å². The SMILES string of the molecule is CC(Nc1cccc(NN)c1[N+](=O)[O-])C1CCC1. The molecule has 0 bridgehead atoms. The van der Waals surface area contributed by atoms with E-state index in [0.29, 0.717) is 17.3 Å². The van der Waals surface area contributed by atoms with E-state index in [2.05, 4.69) is 17.7 Å². The van der Waals surface area contributed by atoms with Crippen LogP contribution in [0.5, 0.6) is 0 Å². The molecule has 0 radical (unpaired) electrons. The largest absolute Gasteiger partial charge is 0.377 e. The molecule has 1 aliphatic rings. The number of hydrogen-bond donors (Lipinski definition) is 3. The molecule has 6 nitrogen and oxygen atoms in total. The Kier molecular flexibility index (Phi) is 3.66. The first kappa shape index (κ1) is 12.6. The zero-order valence-corrected chi connectivity index (χ0v) is 10.3. The molecule has 1 unspecified atom stereocenters. The van der Waals surface area contributed by atoms with Gasteiger partial charge in [0.1, 0.15) is 11.4 Å². The van der Waals surface area contributed by atoms with Crippen LogP contribution in [0.4, 0.5) is 17.1 Å². The Labute approximate surface area is 106 Å². The van der Waals surface area contributed by atoms with Crippen LogP contribution in [0.15, 0.2) is 18.2 Å². The van der Waals surface area contributed by atoms with Crippen LogP contribution in [0.1, 0.15) is 26.2 Å². The molecule has 2 rings (SSSR count). The Bertz CT molecular complexity index is 446. The molecule has 1 aliphatic carbocycles. The Morgan fingerprint density at radius 1 is 1.44 bits per heavy atom. The summed E-state index contributed by atoms with van der Waals surface area (Å²) in [4.78, 5) is 10.7. The number of nitro benzene ring substituents is 1. The van der Waals surface area contributed by atoms with Gasteiger partial charge in [-0.25, -0.2) is 0 Å². The van der Waals surface area contributed by atoms with Crippen LogP contribution in [0.3, 0.4) is 0 Å². The first-order valence-corrected chi connectivity index (χ1v) is 6.14. The standard InChI is InChI=1S/C12H18N4O2/c1-8(9-4-2-5-9)14-10-6-3-7-11(15-13)12(10)16(17)18/h3,6-9,14-15H,2,4-5,13H2,1H3. The smallest absolute Gasteiger partial charge is 0.316 e. The molecule has 18 heavy (non-hydrogen) atoms. The maximum absolute atomic E-state index is 11.1. The lowest BCUT2D eigenvalue weighted by Gasteiger charge is -2.32. The van der Waals surface area contributed by atoms with Crippen molar-refractivity contribution >= 4 is 17.1 Å². The van der Waals surface area contributed by atoms with Gasteiger partial charge in [-0.05, 0) is 37.8 Å². The van der Waals surface area contributed by atoms with Crippen LogP contribution < -0.4 is 16.6 Å². The molecule has 1 fully saturated rings. The highest BCUT2D eigenvalue weighted by Crippen LogP contribution is 2.36. The van der Waals surface area contributed by atoms with Gasteiger partial charge in [0.2, 0.25) is 0 Å². The number of para-hydroxylation sites is 1. The van der Waals surface area contributed by atoms with Crippen molar-refractivity contribution in [2.24, 2.45) is 11.8 Å². The second kappa shape index (κ2) is 5.22. The zero-order chi connectivity index (χ0) is 13.1. The number of nitrogen functional groups attached to an aromatic ring is 1. The average Bonchev–Trinajstić information content (AvgIpc) is 2.25. The number of anilines is 2. The predicted octanol–water partition coefficient (Wildman–Crippen LogP) is 2.48. The van der Waals surface area contributed by atoms with Crippen LogP contribution in [0.2, 0.25) is 0 Å². The number of nitrogens with two attached hydrogens (primary N) is 1. The monoisotopic (exact) mass is 250 g/mol. The Hall–Kier alpha value is -1.82. The van der Waals surface area contributed by atoms with E-state index in [1.807, 2.05) is 0 Å². The molecule has 0 aromatic heterocycles. The van der Waals surface area contributed by atoms with Gasteiger partial charge in [-0.2, -0.15) is 0 Å². The van der Waals surface area contributed by atoms with Gasteiger partial charge in [0.05, 0.1) is 4.92 Å². The van der Waals surface area contributed by atoms with Gasteiger partial charge in [0, 0.05) is 6.04 Å². The van der Waals surface area contributed by atoms with Crippen LogP contribution in [-0.2, 0) is 0 Å². The predicted molar refractivity (Wildman–Crippen MR) is 71.3 cm³/mol. The maximum atomic E-state index is 11.1. The summed E-state index contributed by atoms with van der Waals surface area (Å²) in [6.45, 7) is 2.07. The lowest BCUT2D eigenvalue weighted by Crippen LogP contribution is -2.31. The summed E-state index contributed by atoms with van der Waals surface area (Å²) in [5, 5.41) is 14.3. The molecule has 1 atom stereocenters. The Morgan fingerprint density at radius 2 is 2.11 bits per heavy atom. The molecule has 0 aliphatic heterocycles. The van der Waals surface area contributed by atoms with Gasteiger partial charge < -0.3 is 10.7 Å². The summed E-state index contributed by atoms with van der Waals surface area (Å²) in [6.07, 6.45) is 3.64. The third-order valence-corrected chi connectivity index (χ3v) is 3.61. The molecule has 98 valence electrons. The third kappa shape index (κ3) is 2.38. The summed E-state index contributed by atoms with van der Waals surface area (Å²) in [5.74, 6) is 5.91. The summed E-state index contributed by atoms with van der Waals surface area (Å²) in [7, 11) is 0. The van der Waals surface area contributed by atoms with Crippen molar-refractivity contribution in [3.05, 3.63) is 28.3 Å². The molecule has 1 aromatic carbocycles. The normalized spacial score (nSPS) is 16.8. The topological polar surface area (TPSA) is 93.2 Å². The molecule has 0 heterocycles. The number of hydrogen-bond acceptors (Lipinski definition) is 5. The second-order valence-electron chi connectivity index (χ2n) is 4.73. The summed E-state index contributed by atoms with van der Waals surface area (Å²) < 4.78 is 0. The van der Waals surface area contributed by atoms with Crippen molar-refractivity contribution in [3.8, 4) is 0 Å². The van der Waals surface area contributed by atoms with Gasteiger partial charge >= 0.3 is 5.69 Å². The number of nitrogens with zero attached hydrogens (tertiary/aromatic N) is 1. The molecule has 0 amide bonds. The van der Waals surface area contributed by atoms with Gasteiger partial charge in [-0.15, -0.1) is 0 Å². The first-order valence-electron chi connectivity index (χ1n) is 6.14. The average molecular weight is 250 g/mol. The van der Waals surface area contributed by atoms with Crippen LogP contribution in [-0.4, -0.2) is 11.0 Å². The number of nitro groups is 1. The molecule has 0 saturated heterocycles. The number of hydrazine groups is 1. The third-order valence-electron chi connectivity index (χ3n) is 3.61. The van der Waals surface area contributed by atoms with E-state index in [1.54, 1.807) is 18.2 Å². The van der Waals surface area contributed by atoms with Crippen molar-refractivity contribution in [3.63, 3.8) is 0 Å². The summed E-state index contributed by atoms with van der Waals surface area (Å²) >= 11 is 0. The fourth-order valence-corrected chi connectivity index (χ4v) is 2.28. The highest BCUT2D eigenvalue weighted by molar-refractivity contribution is 5.76. The highest BCUT2D eigenvalue weighted by Gasteiger charge is 2.26. The van der Waals surface area contributed by atoms with E-state index in [0.717, 1.165) is 0 Å². The fraction of sp³-hybridized carbons (Fsp3) is 0.500. The number of rotatable bonds is 5. The van der Waals surface area contributed by atoms with Gasteiger partial charge in [0.25, 0.3) is 0 Å². The Morgan fingerprint density at radius 3 is 2.61 bits per heavy atom. The van der Waals surface area contributed by atoms with Crippen LogP contribution in [0.25, 0.3) is 0 Å². The summed E-state index contributed by atoms with van der Waals surface area (Å²) in [6, 6.07) is 5.30. The van der Waals surface area contributed by atoms with E-state index < -0.39 is 4.92 Å². The maximum Gasteiger partial charge on any atom is 0.316 e. The van der Waals surface area contributed by atoms with E-state index in [-0.39, 0.29) is 11.7 Å². The lowest BCUT2D eigenvalue weighted by molar-refractivity contribution is -0.383. The Balaban J connectivity index is 2.23. The van der Waals surface area contributed by atoms with Crippen molar-refractivity contribution in [1.82, 2.24) is 0 Å². The second-order valence-corrected chi connectivity index (χ2v) is 4.73. The molecule has 1 aromatic rings. The molecule has 1 saturated carbocycles. The minimum atomic E-state index is -0.412. The molecule has 6 heteroatoms. The quantitative estimate of drug-likeness (QED) is 0.424. The number of benzene rings is 1. The molecule has 4 N–H and O–H groups in total. The molecule has 0 spiro atoms. The van der Waals surface area contributed by atoms with E-state index in [4.69, 9.17) is 5.84 Å². The zero-order valence-electron chi connectivity index (χ0n) is 10.3. The van der Waals surface area contributed by atoms with Gasteiger partial charge in [-0.1, -0.05) is 12.5 Å². The highest BCUT2D eigenvalue weighted by atomic mass is 16.6. The molecular weight excluding hydrogens is 232 g/mol. The van der Waals surface area contributed by atoms with Gasteiger partial charge in [0.15, 0.2) is 0 Å². The van der Waals surface area contributed by atoms with Crippen molar-refractivity contribution in [2.45, 2.75) is 32.2 Å². The first-order chi connectivity index (χ1) is 8.63. The van der Waals surface area contributed by atoms with E-state index >= 15 is 0 Å². The summed E-state index contributed by atoms with van der Waals surface area (Å²) in [5.41, 5.74) is 3.22. The van der Waals surface area contributed by atoms with Crippen molar-refractivity contribution in [1.29, 1.82) is 0 Å². The van der Waals surface area contributed by atoms with Crippen molar-refractivity contribution < 1.29 is 4.92 Å². The fourth-order valence-electron chi connectivity index (χ4n) is 2.28.